The number of hydrogen-bond acceptors (Lipinski definition) is 3. The van der Waals surface area contributed by atoms with Crippen LogP contribution in [0.5, 0.6) is 0 Å². The molecule has 174 valence electrons. The molecule has 1 saturated heterocycles. The average Bonchev–Trinajstić information content (AvgIpc) is 2.85. The summed E-state index contributed by atoms with van der Waals surface area (Å²) in [5.41, 5.74) is 6.41. The normalized spacial score (nSPS) is 20.7. The first-order valence-corrected chi connectivity index (χ1v) is 12.1. The van der Waals surface area contributed by atoms with Crippen LogP contribution in [-0.4, -0.2) is 49.5 Å². The maximum absolute atomic E-state index is 12.4. The molecule has 33 heavy (non-hydrogen) atoms. The van der Waals surface area contributed by atoms with E-state index in [0.717, 1.165) is 30.1 Å². The maximum atomic E-state index is 12.4. The summed E-state index contributed by atoms with van der Waals surface area (Å²) >= 11 is 0. The fraction of sp³-hybridized carbons (Fsp3) is 0.407. The van der Waals surface area contributed by atoms with Crippen molar-refractivity contribution < 1.29 is 14.5 Å². The van der Waals surface area contributed by atoms with Gasteiger partial charge < -0.3 is 10.2 Å². The van der Waals surface area contributed by atoms with Crippen molar-refractivity contribution in [1.82, 2.24) is 15.8 Å². The topological polar surface area (TPSA) is 65.9 Å². The van der Waals surface area contributed by atoms with E-state index in [-0.39, 0.29) is 18.4 Å². The van der Waals surface area contributed by atoms with Gasteiger partial charge in [0.1, 0.15) is 6.54 Å². The van der Waals surface area contributed by atoms with Crippen LogP contribution in [0.4, 0.5) is 0 Å². The number of hydrogen-bond donors (Lipinski definition) is 3. The Balaban J connectivity index is 1.11. The Morgan fingerprint density at radius 3 is 2.45 bits per heavy atom. The summed E-state index contributed by atoms with van der Waals surface area (Å²) < 4.78 is 0. The zero-order chi connectivity index (χ0) is 22.9. The summed E-state index contributed by atoms with van der Waals surface area (Å²) in [7, 11) is 0. The molecule has 0 unspecified atom stereocenters. The van der Waals surface area contributed by atoms with Gasteiger partial charge in [-0.05, 0) is 42.4 Å². The Morgan fingerprint density at radius 1 is 1.03 bits per heavy atom. The monoisotopic (exact) mass is 447 g/mol. The number of nitrogens with one attached hydrogen (secondary N) is 3. The lowest BCUT2D eigenvalue weighted by Crippen LogP contribution is -3.13. The van der Waals surface area contributed by atoms with Crippen LogP contribution in [0.1, 0.15) is 36.8 Å². The molecule has 6 nitrogen and oxygen atoms in total. The second-order valence-electron chi connectivity index (χ2n) is 9.12. The van der Waals surface area contributed by atoms with Gasteiger partial charge in [0, 0.05) is 19.4 Å². The summed E-state index contributed by atoms with van der Waals surface area (Å²) in [4.78, 5) is 26.3. The van der Waals surface area contributed by atoms with Crippen molar-refractivity contribution in [3.8, 4) is 0 Å². The predicted octanol–water partition coefficient (Wildman–Crippen LogP) is 1.81. The van der Waals surface area contributed by atoms with Crippen LogP contribution >= 0.6 is 0 Å². The van der Waals surface area contributed by atoms with Gasteiger partial charge >= 0.3 is 0 Å². The minimum atomic E-state index is -0.123. The van der Waals surface area contributed by atoms with E-state index in [9.17, 15) is 9.59 Å². The largest absolute Gasteiger partial charge is 0.354 e. The lowest BCUT2D eigenvalue weighted by molar-refractivity contribution is -0.906. The molecule has 2 amide bonds. The quantitative estimate of drug-likeness (QED) is 0.514. The highest BCUT2D eigenvalue weighted by Gasteiger charge is 2.23. The molecular weight excluding hydrogens is 412 g/mol. The second-order valence-corrected chi connectivity index (χ2v) is 9.12. The van der Waals surface area contributed by atoms with Gasteiger partial charge in [-0.2, -0.15) is 0 Å². The van der Waals surface area contributed by atoms with Crippen LogP contribution in [0.25, 0.3) is 5.70 Å². The molecule has 4 rings (SSSR count). The van der Waals surface area contributed by atoms with Crippen LogP contribution < -0.4 is 15.6 Å². The van der Waals surface area contributed by atoms with Gasteiger partial charge in [0.15, 0.2) is 0 Å². The first kappa shape index (κ1) is 23.1. The molecule has 2 aliphatic heterocycles. The van der Waals surface area contributed by atoms with E-state index in [1.165, 1.54) is 42.9 Å². The number of carbonyl (C=O) groups is 2. The Bertz CT molecular complexity index is 937. The van der Waals surface area contributed by atoms with Gasteiger partial charge in [-0.25, -0.2) is 5.01 Å². The number of rotatable bonds is 9. The Morgan fingerprint density at radius 2 is 1.73 bits per heavy atom. The third-order valence-electron chi connectivity index (χ3n) is 6.63. The van der Waals surface area contributed by atoms with Crippen LogP contribution in [0, 0.1) is 5.92 Å². The fourth-order valence-electron chi connectivity index (χ4n) is 4.73. The molecule has 0 atom stereocenters. The van der Waals surface area contributed by atoms with Crippen molar-refractivity contribution in [3.05, 3.63) is 77.9 Å². The smallest absolute Gasteiger partial charge is 0.245 e. The molecule has 2 aliphatic rings. The molecule has 6 heteroatoms. The van der Waals surface area contributed by atoms with Gasteiger partial charge in [0.2, 0.25) is 11.8 Å². The average molecular weight is 448 g/mol. The summed E-state index contributed by atoms with van der Waals surface area (Å²) in [6.07, 6.45) is 6.87. The lowest BCUT2D eigenvalue weighted by Gasteiger charge is -2.30. The van der Waals surface area contributed by atoms with Crippen molar-refractivity contribution in [2.75, 3.05) is 32.7 Å². The third kappa shape index (κ3) is 6.93. The molecule has 0 saturated carbocycles. The molecule has 0 spiro atoms. The van der Waals surface area contributed by atoms with Crippen molar-refractivity contribution in [2.45, 2.75) is 32.1 Å². The van der Waals surface area contributed by atoms with Gasteiger partial charge in [-0.1, -0.05) is 60.7 Å². The Kier molecular flexibility index (Phi) is 8.14. The van der Waals surface area contributed by atoms with Gasteiger partial charge in [-0.15, -0.1) is 0 Å². The standard InChI is InChI=1S/C27H34N4O2/c32-26(21-31-27(33)13-12-25(29-31)24-10-5-2-6-11-24)28-16-7-17-30-18-14-23(15-19-30)20-22-8-3-1-4-9-22/h1-6,8-12,23,29H,7,13-21H2,(H,28,32)/p+1. The molecule has 0 aliphatic carbocycles. The second kappa shape index (κ2) is 11.7. The number of likely N-dealkylation sites (tertiary alicyclic amines) is 1. The molecule has 2 aromatic rings. The van der Waals surface area contributed by atoms with E-state index >= 15 is 0 Å². The van der Waals surface area contributed by atoms with Gasteiger partial charge in [-0.3, -0.25) is 15.0 Å². The van der Waals surface area contributed by atoms with Crippen LogP contribution in [-0.2, 0) is 16.0 Å². The van der Waals surface area contributed by atoms with E-state index in [0.29, 0.717) is 13.0 Å². The number of amides is 2. The van der Waals surface area contributed by atoms with E-state index in [2.05, 4.69) is 41.1 Å². The van der Waals surface area contributed by atoms with E-state index in [1.54, 1.807) is 4.90 Å². The zero-order valence-corrected chi connectivity index (χ0v) is 19.3. The number of carbonyl (C=O) groups excluding carboxylic acids is 2. The number of piperidine rings is 1. The predicted molar refractivity (Wildman–Crippen MR) is 130 cm³/mol. The molecule has 0 aromatic heterocycles. The molecule has 1 fully saturated rings. The molecular formula is C27H35N4O2+. The van der Waals surface area contributed by atoms with E-state index in [1.807, 2.05) is 36.4 Å². The first-order chi connectivity index (χ1) is 16.2. The van der Waals surface area contributed by atoms with Crippen molar-refractivity contribution in [2.24, 2.45) is 5.92 Å². The Labute approximate surface area is 196 Å². The minimum absolute atomic E-state index is 0.0285. The van der Waals surface area contributed by atoms with Crippen LogP contribution in [0.2, 0.25) is 0 Å². The third-order valence-corrected chi connectivity index (χ3v) is 6.63. The van der Waals surface area contributed by atoms with Crippen LogP contribution in [0.15, 0.2) is 66.7 Å². The van der Waals surface area contributed by atoms with Crippen molar-refractivity contribution in [1.29, 1.82) is 0 Å². The minimum Gasteiger partial charge on any atom is -0.354 e. The SMILES string of the molecule is O=C(CN1NC(c2ccccc2)=CCC1=O)NCCC[NH+]1CCC(Cc2ccccc2)CC1. The molecule has 2 aromatic carbocycles. The summed E-state index contributed by atoms with van der Waals surface area (Å²) in [6.45, 7) is 4.19. The summed E-state index contributed by atoms with van der Waals surface area (Å²) in [5.74, 6) is 0.578. The van der Waals surface area contributed by atoms with Crippen molar-refractivity contribution >= 4 is 17.5 Å². The van der Waals surface area contributed by atoms with E-state index < -0.39 is 0 Å². The van der Waals surface area contributed by atoms with Gasteiger partial charge in [0.05, 0.1) is 25.3 Å². The summed E-state index contributed by atoms with van der Waals surface area (Å²) in [6, 6.07) is 20.6. The first-order valence-electron chi connectivity index (χ1n) is 12.1. The number of quaternary nitrogens is 1. The fourth-order valence-corrected chi connectivity index (χ4v) is 4.73. The number of hydrazine groups is 1. The van der Waals surface area contributed by atoms with E-state index in [4.69, 9.17) is 0 Å². The molecule has 0 radical (unpaired) electrons. The van der Waals surface area contributed by atoms with Gasteiger partial charge in [0.25, 0.3) is 0 Å². The summed E-state index contributed by atoms with van der Waals surface area (Å²) in [5, 5.41) is 4.40. The van der Waals surface area contributed by atoms with Crippen LogP contribution in [0.3, 0.4) is 0 Å². The number of benzene rings is 2. The maximum Gasteiger partial charge on any atom is 0.245 e. The lowest BCUT2D eigenvalue weighted by atomic mass is 9.90. The molecule has 3 N–H and O–H groups in total. The zero-order valence-electron chi connectivity index (χ0n) is 19.3. The molecule has 0 bridgehead atoms. The van der Waals surface area contributed by atoms with Crippen molar-refractivity contribution in [3.63, 3.8) is 0 Å². The Hall–Kier alpha value is -3.12. The highest BCUT2D eigenvalue weighted by Crippen LogP contribution is 2.17. The molecule has 2 heterocycles. The number of nitrogens with zero attached hydrogens (tertiary/aromatic N) is 1. The highest BCUT2D eigenvalue weighted by molar-refractivity contribution is 5.88. The highest BCUT2D eigenvalue weighted by atomic mass is 16.2.